The first-order valence-electron chi connectivity index (χ1n) is 8.51. The maximum Gasteiger partial charge on any atom is 0.329 e. The van der Waals surface area contributed by atoms with E-state index in [1.54, 1.807) is 0 Å². The molecule has 0 fully saturated rings. The lowest BCUT2D eigenvalue weighted by atomic mass is 10.0. The second-order valence-corrected chi connectivity index (χ2v) is 7.28. The van der Waals surface area contributed by atoms with Crippen molar-refractivity contribution in [2.75, 3.05) is 19.4 Å². The van der Waals surface area contributed by atoms with Gasteiger partial charge >= 0.3 is 5.97 Å². The molecule has 0 radical (unpaired) electrons. The number of carbonyl (C=O) groups is 1. The Balaban J connectivity index is 1.67. The Morgan fingerprint density at radius 3 is 3.04 bits per heavy atom. The van der Waals surface area contributed by atoms with Crippen LogP contribution in [0.3, 0.4) is 0 Å². The molecule has 0 spiro atoms. The zero-order chi connectivity index (χ0) is 17.8. The van der Waals surface area contributed by atoms with Crippen LogP contribution in [-0.4, -0.2) is 53.3 Å². The molecule has 1 aromatic rings. The standard InChI is InChI=1S/C18H23N3O3S/c1-11(19-2)7-8-24-13-4-6-14-12(9-13)3-5-15(20-14)17-21-16(10-25-17)18(22)23/h4,6,9,11,16,19H,3,5,7-8,10H2,1-2H3,(H,22,23)/t11?,16-/m1/s1. The molecule has 2 heterocycles. The lowest BCUT2D eigenvalue weighted by Gasteiger charge is -2.17. The van der Waals surface area contributed by atoms with Gasteiger partial charge in [0, 0.05) is 11.8 Å². The number of carboxylic acids is 1. The van der Waals surface area contributed by atoms with Gasteiger partial charge in [0.2, 0.25) is 0 Å². The molecular weight excluding hydrogens is 338 g/mol. The SMILES string of the molecule is CNC(C)CCOc1ccc2c(c1)CCC(C1=N[C@@H](C(=O)O)CS1)=N2. The van der Waals surface area contributed by atoms with Crippen LogP contribution in [0.4, 0.5) is 5.69 Å². The number of aryl methyl sites for hydroxylation is 1. The highest BCUT2D eigenvalue weighted by Gasteiger charge is 2.28. The van der Waals surface area contributed by atoms with Gasteiger partial charge in [-0.2, -0.15) is 0 Å². The number of rotatable bonds is 7. The van der Waals surface area contributed by atoms with Crippen LogP contribution in [0.25, 0.3) is 0 Å². The zero-order valence-electron chi connectivity index (χ0n) is 14.5. The molecular formula is C18H23N3O3S. The number of nitrogens with one attached hydrogen (secondary N) is 1. The second-order valence-electron chi connectivity index (χ2n) is 6.28. The van der Waals surface area contributed by atoms with E-state index < -0.39 is 12.0 Å². The minimum Gasteiger partial charge on any atom is -0.494 e. The van der Waals surface area contributed by atoms with Gasteiger partial charge in [-0.1, -0.05) is 0 Å². The molecule has 2 aliphatic rings. The van der Waals surface area contributed by atoms with Crippen molar-refractivity contribution in [1.29, 1.82) is 0 Å². The normalized spacial score (nSPS) is 20.5. The predicted molar refractivity (Wildman–Crippen MR) is 102 cm³/mol. The Kier molecular flexibility index (Phi) is 5.75. The number of benzene rings is 1. The second kappa shape index (κ2) is 8.01. The molecule has 0 amide bonds. The van der Waals surface area contributed by atoms with Crippen LogP contribution in [0.15, 0.2) is 28.2 Å². The van der Waals surface area contributed by atoms with Gasteiger partial charge in [0.15, 0.2) is 6.04 Å². The number of hydrogen-bond acceptors (Lipinski definition) is 6. The Bertz CT molecular complexity index is 718. The van der Waals surface area contributed by atoms with Crippen LogP contribution in [0.5, 0.6) is 5.75 Å². The Labute approximate surface area is 151 Å². The van der Waals surface area contributed by atoms with E-state index in [-0.39, 0.29) is 0 Å². The molecule has 2 N–H and O–H groups in total. The maximum atomic E-state index is 11.0. The first kappa shape index (κ1) is 17.9. The lowest BCUT2D eigenvalue weighted by Crippen LogP contribution is -2.23. The van der Waals surface area contributed by atoms with E-state index in [0.29, 0.717) is 18.4 Å². The molecule has 0 saturated heterocycles. The van der Waals surface area contributed by atoms with Crippen molar-refractivity contribution in [3.05, 3.63) is 23.8 Å². The van der Waals surface area contributed by atoms with Gasteiger partial charge in [0.05, 0.1) is 18.0 Å². The van der Waals surface area contributed by atoms with Gasteiger partial charge in [-0.25, -0.2) is 4.79 Å². The number of thioether (sulfide) groups is 1. The van der Waals surface area contributed by atoms with Crippen LogP contribution in [0.1, 0.15) is 25.3 Å². The summed E-state index contributed by atoms with van der Waals surface area (Å²) < 4.78 is 5.83. The van der Waals surface area contributed by atoms with Crippen molar-refractivity contribution in [1.82, 2.24) is 5.32 Å². The fraction of sp³-hybridized carbons (Fsp3) is 0.500. The average molecular weight is 361 g/mol. The molecule has 1 aromatic carbocycles. The van der Waals surface area contributed by atoms with E-state index in [1.165, 1.54) is 17.3 Å². The fourth-order valence-corrected chi connectivity index (χ4v) is 3.78. The van der Waals surface area contributed by atoms with Crippen molar-refractivity contribution in [3.8, 4) is 5.75 Å². The molecule has 0 bridgehead atoms. The van der Waals surface area contributed by atoms with E-state index in [1.807, 2.05) is 19.2 Å². The maximum absolute atomic E-state index is 11.0. The third kappa shape index (κ3) is 4.41. The summed E-state index contributed by atoms with van der Waals surface area (Å²) in [5.74, 6) is 0.502. The third-order valence-electron chi connectivity index (χ3n) is 4.43. The topological polar surface area (TPSA) is 83.3 Å². The molecule has 7 heteroatoms. The molecule has 1 unspecified atom stereocenters. The van der Waals surface area contributed by atoms with Gasteiger partial charge in [0.1, 0.15) is 10.8 Å². The summed E-state index contributed by atoms with van der Waals surface area (Å²) in [6.07, 6.45) is 2.61. The highest BCUT2D eigenvalue weighted by molar-refractivity contribution is 8.16. The minimum absolute atomic E-state index is 0.434. The monoisotopic (exact) mass is 361 g/mol. The molecule has 0 aliphatic carbocycles. The quantitative estimate of drug-likeness (QED) is 0.780. The number of fused-ring (bicyclic) bond motifs is 1. The van der Waals surface area contributed by atoms with Gasteiger partial charge in [-0.3, -0.25) is 9.98 Å². The molecule has 2 atom stereocenters. The zero-order valence-corrected chi connectivity index (χ0v) is 15.3. The molecule has 134 valence electrons. The van der Waals surface area contributed by atoms with Crippen molar-refractivity contribution >= 4 is 34.2 Å². The lowest BCUT2D eigenvalue weighted by molar-refractivity contribution is -0.137. The van der Waals surface area contributed by atoms with Crippen LogP contribution in [0.2, 0.25) is 0 Å². The summed E-state index contributed by atoms with van der Waals surface area (Å²) >= 11 is 1.49. The fourth-order valence-electron chi connectivity index (χ4n) is 2.73. The summed E-state index contributed by atoms with van der Waals surface area (Å²) in [6, 6.07) is 5.77. The smallest absolute Gasteiger partial charge is 0.329 e. The summed E-state index contributed by atoms with van der Waals surface area (Å²) in [5.41, 5.74) is 3.00. The first-order chi connectivity index (χ1) is 12.1. The number of hydrogen-bond donors (Lipinski definition) is 2. The van der Waals surface area contributed by atoms with Crippen LogP contribution < -0.4 is 10.1 Å². The first-order valence-corrected chi connectivity index (χ1v) is 9.49. The number of carboxylic acid groups (broad SMARTS) is 1. The summed E-state index contributed by atoms with van der Waals surface area (Å²) in [5, 5.41) is 13.0. The number of aliphatic carboxylic acids is 1. The summed E-state index contributed by atoms with van der Waals surface area (Å²) in [6.45, 7) is 2.81. The van der Waals surface area contributed by atoms with Crippen molar-refractivity contribution in [2.24, 2.45) is 9.98 Å². The third-order valence-corrected chi connectivity index (χ3v) is 5.53. The van der Waals surface area contributed by atoms with Gasteiger partial charge in [-0.05, 0) is 57.0 Å². The summed E-state index contributed by atoms with van der Waals surface area (Å²) in [4.78, 5) is 20.0. The van der Waals surface area contributed by atoms with E-state index in [4.69, 9.17) is 14.8 Å². The molecule has 3 rings (SSSR count). The van der Waals surface area contributed by atoms with E-state index in [2.05, 4.69) is 23.3 Å². The highest BCUT2D eigenvalue weighted by Crippen LogP contribution is 2.32. The van der Waals surface area contributed by atoms with Crippen LogP contribution in [-0.2, 0) is 11.2 Å². The van der Waals surface area contributed by atoms with Crippen molar-refractivity contribution in [2.45, 2.75) is 38.3 Å². The largest absolute Gasteiger partial charge is 0.494 e. The molecule has 25 heavy (non-hydrogen) atoms. The highest BCUT2D eigenvalue weighted by atomic mass is 32.2. The average Bonchev–Trinajstić information content (AvgIpc) is 3.11. The Morgan fingerprint density at radius 2 is 2.32 bits per heavy atom. The van der Waals surface area contributed by atoms with E-state index >= 15 is 0 Å². The van der Waals surface area contributed by atoms with Gasteiger partial charge < -0.3 is 15.2 Å². The molecule has 2 aliphatic heterocycles. The predicted octanol–water partition coefficient (Wildman–Crippen LogP) is 2.68. The number of nitrogens with zero attached hydrogens (tertiary/aromatic N) is 2. The Morgan fingerprint density at radius 1 is 1.48 bits per heavy atom. The van der Waals surface area contributed by atoms with Crippen molar-refractivity contribution in [3.63, 3.8) is 0 Å². The molecule has 6 nitrogen and oxygen atoms in total. The molecule has 0 saturated carbocycles. The van der Waals surface area contributed by atoms with E-state index in [0.717, 1.165) is 41.5 Å². The van der Waals surface area contributed by atoms with Crippen LogP contribution >= 0.6 is 11.8 Å². The molecule has 0 aromatic heterocycles. The van der Waals surface area contributed by atoms with Gasteiger partial charge in [-0.15, -0.1) is 11.8 Å². The summed E-state index contributed by atoms with van der Waals surface area (Å²) in [7, 11) is 1.95. The van der Waals surface area contributed by atoms with Crippen molar-refractivity contribution < 1.29 is 14.6 Å². The van der Waals surface area contributed by atoms with Crippen LogP contribution in [0, 0.1) is 0 Å². The van der Waals surface area contributed by atoms with Gasteiger partial charge in [0.25, 0.3) is 0 Å². The Hall–Kier alpha value is -1.86. The van der Waals surface area contributed by atoms with E-state index in [9.17, 15) is 4.79 Å². The minimum atomic E-state index is -0.867. The number of aliphatic imine (C=N–C) groups is 2. The number of ether oxygens (including phenoxy) is 1.